The van der Waals surface area contributed by atoms with Gasteiger partial charge in [0, 0.05) is 26.2 Å². The molecule has 0 spiro atoms. The molecular weight excluding hydrogens is 270 g/mol. The average molecular weight is 285 g/mol. The first-order valence-corrected chi connectivity index (χ1v) is 7.12. The predicted octanol–water partition coefficient (Wildman–Crippen LogP) is -0.580. The third-order valence-electron chi connectivity index (χ3n) is 3.05. The van der Waals surface area contributed by atoms with Crippen LogP contribution in [0.4, 0.5) is 4.79 Å². The molecule has 0 aromatic heterocycles. The molecule has 2 heterocycles. The zero-order valence-electron chi connectivity index (χ0n) is 10.4. The summed E-state index contributed by atoms with van der Waals surface area (Å²) in [5.41, 5.74) is 0. The Morgan fingerprint density at radius 2 is 1.89 bits per heavy atom. The Labute approximate surface area is 114 Å². The van der Waals surface area contributed by atoms with E-state index in [1.54, 1.807) is 0 Å². The highest BCUT2D eigenvalue weighted by Gasteiger charge is 2.30. The number of carbonyl (C=O) groups is 4. The summed E-state index contributed by atoms with van der Waals surface area (Å²) in [4.78, 5) is 48.4. The molecule has 0 aliphatic carbocycles. The maximum Gasteiger partial charge on any atom is 0.311 e. The van der Waals surface area contributed by atoms with Gasteiger partial charge in [-0.25, -0.2) is 0 Å². The van der Waals surface area contributed by atoms with E-state index in [0.29, 0.717) is 13.1 Å². The van der Waals surface area contributed by atoms with Crippen molar-refractivity contribution < 1.29 is 19.2 Å². The summed E-state index contributed by atoms with van der Waals surface area (Å²) in [6, 6.07) is 0. The molecule has 0 aromatic carbocycles. The van der Waals surface area contributed by atoms with E-state index in [4.69, 9.17) is 0 Å². The van der Waals surface area contributed by atoms with Crippen LogP contribution in [0.25, 0.3) is 0 Å². The molecule has 0 saturated carbocycles. The topological polar surface area (TPSA) is 86.8 Å². The van der Waals surface area contributed by atoms with Crippen molar-refractivity contribution in [1.29, 1.82) is 0 Å². The van der Waals surface area contributed by atoms with Crippen LogP contribution in [0, 0.1) is 0 Å². The fourth-order valence-corrected chi connectivity index (χ4v) is 2.77. The zero-order valence-corrected chi connectivity index (χ0v) is 11.2. The number of nitrogens with zero attached hydrogens (tertiary/aromatic N) is 2. The molecule has 7 nitrogen and oxygen atoms in total. The standard InChI is InChI=1S/C11H15N3O4S/c15-8-7-19-11(18)14(8)6-3-12-9(16)10(17)13-4-1-2-5-13/h1-7H2,(H,12,16). The quantitative estimate of drug-likeness (QED) is 0.701. The minimum absolute atomic E-state index is 0.108. The summed E-state index contributed by atoms with van der Waals surface area (Å²) >= 11 is 0.949. The van der Waals surface area contributed by atoms with Gasteiger partial charge >= 0.3 is 11.8 Å². The van der Waals surface area contributed by atoms with E-state index in [1.807, 2.05) is 0 Å². The Morgan fingerprint density at radius 3 is 2.47 bits per heavy atom. The molecule has 104 valence electrons. The molecule has 4 amide bonds. The number of nitrogens with one attached hydrogen (secondary N) is 1. The van der Waals surface area contributed by atoms with Crippen molar-refractivity contribution in [3.8, 4) is 0 Å². The van der Waals surface area contributed by atoms with Gasteiger partial charge in [-0.1, -0.05) is 11.8 Å². The van der Waals surface area contributed by atoms with E-state index in [-0.39, 0.29) is 30.0 Å². The van der Waals surface area contributed by atoms with Gasteiger partial charge in [0.25, 0.3) is 5.24 Å². The highest BCUT2D eigenvalue weighted by atomic mass is 32.2. The monoisotopic (exact) mass is 285 g/mol. The summed E-state index contributed by atoms with van der Waals surface area (Å²) in [6.45, 7) is 1.46. The number of thioether (sulfide) groups is 1. The van der Waals surface area contributed by atoms with E-state index in [0.717, 1.165) is 29.5 Å². The van der Waals surface area contributed by atoms with Crippen LogP contribution in [0.1, 0.15) is 12.8 Å². The van der Waals surface area contributed by atoms with Gasteiger partial charge in [0.15, 0.2) is 0 Å². The van der Waals surface area contributed by atoms with Crippen molar-refractivity contribution in [3.63, 3.8) is 0 Å². The SMILES string of the molecule is O=C(NCCN1C(=O)CSC1=O)C(=O)N1CCCC1. The maximum absolute atomic E-state index is 11.7. The molecule has 0 aromatic rings. The summed E-state index contributed by atoms with van der Waals surface area (Å²) in [5, 5.41) is 2.14. The van der Waals surface area contributed by atoms with Crippen molar-refractivity contribution in [2.45, 2.75) is 12.8 Å². The molecule has 1 N–H and O–H groups in total. The third kappa shape index (κ3) is 3.25. The van der Waals surface area contributed by atoms with Crippen LogP contribution in [0.3, 0.4) is 0 Å². The van der Waals surface area contributed by atoms with Crippen LogP contribution >= 0.6 is 11.8 Å². The molecule has 0 radical (unpaired) electrons. The van der Waals surface area contributed by atoms with E-state index >= 15 is 0 Å². The molecule has 0 unspecified atom stereocenters. The number of likely N-dealkylation sites (tertiary alicyclic amines) is 1. The largest absolute Gasteiger partial charge is 0.346 e. The highest BCUT2D eigenvalue weighted by Crippen LogP contribution is 2.17. The van der Waals surface area contributed by atoms with Gasteiger partial charge in [0.1, 0.15) is 0 Å². The van der Waals surface area contributed by atoms with Gasteiger partial charge in [0.05, 0.1) is 5.75 Å². The number of imide groups is 1. The van der Waals surface area contributed by atoms with Crippen molar-refractivity contribution in [2.75, 3.05) is 31.9 Å². The smallest absolute Gasteiger partial charge is 0.311 e. The van der Waals surface area contributed by atoms with Crippen molar-refractivity contribution in [3.05, 3.63) is 0 Å². The number of hydrogen-bond donors (Lipinski definition) is 1. The summed E-state index contributed by atoms with van der Waals surface area (Å²) < 4.78 is 0. The molecular formula is C11H15N3O4S. The first-order valence-electron chi connectivity index (χ1n) is 6.14. The van der Waals surface area contributed by atoms with E-state index in [9.17, 15) is 19.2 Å². The Kier molecular flexibility index (Phi) is 4.41. The average Bonchev–Trinajstić information content (AvgIpc) is 3.02. The zero-order chi connectivity index (χ0) is 13.8. The Bertz CT molecular complexity index is 404. The molecule has 0 bridgehead atoms. The molecule has 2 aliphatic heterocycles. The number of rotatable bonds is 3. The lowest BCUT2D eigenvalue weighted by molar-refractivity contribution is -0.145. The van der Waals surface area contributed by atoms with Crippen LogP contribution < -0.4 is 5.32 Å². The van der Waals surface area contributed by atoms with Crippen LogP contribution in [0.5, 0.6) is 0 Å². The first kappa shape index (κ1) is 13.9. The Morgan fingerprint density at radius 1 is 1.21 bits per heavy atom. The number of carbonyl (C=O) groups excluding carboxylic acids is 4. The van der Waals surface area contributed by atoms with Crippen molar-refractivity contribution >= 4 is 34.7 Å². The van der Waals surface area contributed by atoms with E-state index < -0.39 is 11.8 Å². The molecule has 2 aliphatic rings. The second-order valence-electron chi connectivity index (χ2n) is 4.36. The lowest BCUT2D eigenvalue weighted by atomic mass is 10.4. The molecule has 2 fully saturated rings. The minimum atomic E-state index is -0.673. The van der Waals surface area contributed by atoms with Gasteiger partial charge in [-0.3, -0.25) is 24.1 Å². The van der Waals surface area contributed by atoms with Crippen LogP contribution in [-0.4, -0.2) is 64.7 Å². The van der Waals surface area contributed by atoms with Crippen LogP contribution in [0.15, 0.2) is 0 Å². The minimum Gasteiger partial charge on any atom is -0.346 e. The first-order chi connectivity index (χ1) is 9.09. The highest BCUT2D eigenvalue weighted by molar-refractivity contribution is 8.14. The second kappa shape index (κ2) is 6.05. The Balaban J connectivity index is 1.73. The normalized spacial score (nSPS) is 19.2. The molecule has 8 heteroatoms. The molecule has 2 rings (SSSR count). The maximum atomic E-state index is 11.7. The molecule has 2 saturated heterocycles. The van der Waals surface area contributed by atoms with Gasteiger partial charge in [0.2, 0.25) is 5.91 Å². The molecule has 0 atom stereocenters. The number of amides is 4. The fraction of sp³-hybridized carbons (Fsp3) is 0.636. The summed E-state index contributed by atoms with van der Waals surface area (Å²) in [7, 11) is 0. The van der Waals surface area contributed by atoms with Gasteiger partial charge in [-0.15, -0.1) is 0 Å². The third-order valence-corrected chi connectivity index (χ3v) is 3.91. The summed E-state index contributed by atoms with van der Waals surface area (Å²) in [5.74, 6) is -1.31. The lowest BCUT2D eigenvalue weighted by Gasteiger charge is -2.16. The lowest BCUT2D eigenvalue weighted by Crippen LogP contribution is -2.44. The van der Waals surface area contributed by atoms with Gasteiger partial charge < -0.3 is 10.2 Å². The Hall–Kier alpha value is -1.57. The fourth-order valence-electron chi connectivity index (χ4n) is 2.02. The number of hydrogen-bond acceptors (Lipinski definition) is 5. The van der Waals surface area contributed by atoms with Crippen LogP contribution in [-0.2, 0) is 14.4 Å². The van der Waals surface area contributed by atoms with Gasteiger partial charge in [-0.2, -0.15) is 0 Å². The van der Waals surface area contributed by atoms with E-state index in [2.05, 4.69) is 5.32 Å². The summed E-state index contributed by atoms with van der Waals surface area (Å²) in [6.07, 6.45) is 1.85. The van der Waals surface area contributed by atoms with Crippen molar-refractivity contribution in [2.24, 2.45) is 0 Å². The van der Waals surface area contributed by atoms with Crippen molar-refractivity contribution in [1.82, 2.24) is 15.1 Å². The van der Waals surface area contributed by atoms with Gasteiger partial charge in [-0.05, 0) is 12.8 Å². The van der Waals surface area contributed by atoms with Crippen LogP contribution in [0.2, 0.25) is 0 Å². The van der Waals surface area contributed by atoms with E-state index in [1.165, 1.54) is 4.90 Å². The second-order valence-corrected chi connectivity index (χ2v) is 5.28. The predicted molar refractivity (Wildman–Crippen MR) is 68.4 cm³/mol. The molecule has 19 heavy (non-hydrogen) atoms.